The summed E-state index contributed by atoms with van der Waals surface area (Å²) < 4.78 is 2.32. The molecule has 0 unspecified atom stereocenters. The molecule has 2 aromatic rings. The first-order chi connectivity index (χ1) is 10.9. The molecule has 10 heteroatoms. The van der Waals surface area contributed by atoms with Crippen LogP contribution in [-0.2, 0) is 14.1 Å². The van der Waals surface area contributed by atoms with Crippen molar-refractivity contribution in [3.63, 3.8) is 0 Å². The third kappa shape index (κ3) is 3.56. The predicted octanol–water partition coefficient (Wildman–Crippen LogP) is -0.0903. The lowest BCUT2D eigenvalue weighted by Crippen LogP contribution is -2.52. The molecule has 8 nitrogen and oxygen atoms in total. The molecular formula is C15H21Cl2N5O3. The molecule has 2 aromatic heterocycles. The number of carbonyl (C=O) groups is 1. The number of piperazine rings is 1. The van der Waals surface area contributed by atoms with Crippen LogP contribution >= 0.6 is 24.8 Å². The SMILES string of the molecule is C[C@H]1CNCCN1C(=O)c1ccc2c(=O)n(C)c(=O)n(C)c2n1.Cl.Cl. The Labute approximate surface area is 156 Å². The molecule has 1 N–H and O–H groups in total. The van der Waals surface area contributed by atoms with Crippen LogP contribution in [0.1, 0.15) is 17.4 Å². The lowest BCUT2D eigenvalue weighted by atomic mass is 10.2. The highest BCUT2D eigenvalue weighted by Gasteiger charge is 2.25. The number of hydrogen-bond donors (Lipinski definition) is 1. The number of nitrogens with zero attached hydrogens (tertiary/aromatic N) is 4. The van der Waals surface area contributed by atoms with Crippen molar-refractivity contribution in [3.8, 4) is 0 Å². The standard InChI is InChI=1S/C15H19N5O3.2ClH/c1-9-8-16-6-7-20(9)14(22)11-5-4-10-12(17-11)18(2)15(23)19(3)13(10)21;;/h4-5,9,16H,6-8H2,1-3H3;2*1H/t9-;;/m0../s1. The van der Waals surface area contributed by atoms with Gasteiger partial charge in [0.05, 0.1) is 5.39 Å². The Hall–Kier alpha value is -1.90. The zero-order chi connectivity index (χ0) is 16.7. The first kappa shape index (κ1) is 21.1. The van der Waals surface area contributed by atoms with Crippen molar-refractivity contribution < 1.29 is 4.79 Å². The molecule has 0 radical (unpaired) electrons. The molecule has 138 valence electrons. The van der Waals surface area contributed by atoms with Crippen molar-refractivity contribution in [3.05, 3.63) is 38.7 Å². The van der Waals surface area contributed by atoms with Gasteiger partial charge in [-0.1, -0.05) is 0 Å². The van der Waals surface area contributed by atoms with Crippen LogP contribution in [0.4, 0.5) is 0 Å². The quantitative estimate of drug-likeness (QED) is 0.735. The normalized spacial score (nSPS) is 16.9. The van der Waals surface area contributed by atoms with Gasteiger partial charge in [-0.3, -0.25) is 18.7 Å². The summed E-state index contributed by atoms with van der Waals surface area (Å²) in [5.41, 5.74) is -0.401. The molecule has 1 amide bonds. The van der Waals surface area contributed by atoms with Gasteiger partial charge in [-0.2, -0.15) is 0 Å². The number of halogens is 2. The molecule has 1 aliphatic rings. The van der Waals surface area contributed by atoms with E-state index in [1.54, 1.807) is 24.1 Å². The van der Waals surface area contributed by atoms with Gasteiger partial charge in [0.25, 0.3) is 11.5 Å². The fourth-order valence-corrected chi connectivity index (χ4v) is 2.86. The van der Waals surface area contributed by atoms with E-state index in [-0.39, 0.29) is 48.1 Å². The lowest BCUT2D eigenvalue weighted by Gasteiger charge is -2.33. The average molecular weight is 390 g/mol. The summed E-state index contributed by atoms with van der Waals surface area (Å²) in [6, 6.07) is 3.18. The van der Waals surface area contributed by atoms with E-state index in [4.69, 9.17) is 0 Å². The van der Waals surface area contributed by atoms with Crippen LogP contribution in [0, 0.1) is 0 Å². The van der Waals surface area contributed by atoms with Crippen molar-refractivity contribution >= 4 is 41.8 Å². The average Bonchev–Trinajstić information content (AvgIpc) is 2.57. The maximum absolute atomic E-state index is 12.7. The molecule has 0 spiro atoms. The minimum atomic E-state index is -0.463. The Bertz CT molecular complexity index is 908. The van der Waals surface area contributed by atoms with Crippen LogP contribution in [0.25, 0.3) is 11.0 Å². The van der Waals surface area contributed by atoms with Crippen molar-refractivity contribution in [2.45, 2.75) is 13.0 Å². The topological polar surface area (TPSA) is 89.2 Å². The van der Waals surface area contributed by atoms with Gasteiger partial charge in [0, 0.05) is 39.8 Å². The minimum absolute atomic E-state index is 0. The fraction of sp³-hybridized carbons (Fsp3) is 0.467. The second-order valence-electron chi connectivity index (χ2n) is 5.83. The molecule has 0 aliphatic carbocycles. The van der Waals surface area contributed by atoms with Gasteiger partial charge >= 0.3 is 5.69 Å². The fourth-order valence-electron chi connectivity index (χ4n) is 2.86. The summed E-state index contributed by atoms with van der Waals surface area (Å²) in [6.07, 6.45) is 0. The maximum Gasteiger partial charge on any atom is 0.332 e. The van der Waals surface area contributed by atoms with Crippen molar-refractivity contribution in [1.82, 2.24) is 24.3 Å². The molecule has 1 aliphatic heterocycles. The van der Waals surface area contributed by atoms with Gasteiger partial charge in [0.1, 0.15) is 11.3 Å². The van der Waals surface area contributed by atoms with Gasteiger partial charge in [-0.05, 0) is 19.1 Å². The predicted molar refractivity (Wildman–Crippen MR) is 100 cm³/mol. The lowest BCUT2D eigenvalue weighted by molar-refractivity contribution is 0.0650. The number of pyridine rings is 1. The molecule has 1 atom stereocenters. The number of fused-ring (bicyclic) bond motifs is 1. The summed E-state index contributed by atoms with van der Waals surface area (Å²) in [5, 5.41) is 3.55. The van der Waals surface area contributed by atoms with Crippen molar-refractivity contribution in [2.75, 3.05) is 19.6 Å². The summed E-state index contributed by atoms with van der Waals surface area (Å²) in [5.74, 6) is -0.186. The molecular weight excluding hydrogens is 369 g/mol. The molecule has 1 saturated heterocycles. The van der Waals surface area contributed by atoms with E-state index in [0.29, 0.717) is 11.9 Å². The van der Waals surface area contributed by atoms with E-state index < -0.39 is 11.2 Å². The van der Waals surface area contributed by atoms with Crippen LogP contribution in [0.15, 0.2) is 21.7 Å². The first-order valence-corrected chi connectivity index (χ1v) is 7.50. The molecule has 3 heterocycles. The Balaban J connectivity index is 0.00000156. The van der Waals surface area contributed by atoms with E-state index in [0.717, 1.165) is 17.7 Å². The number of hydrogen-bond acceptors (Lipinski definition) is 5. The van der Waals surface area contributed by atoms with Gasteiger partial charge in [0.15, 0.2) is 0 Å². The van der Waals surface area contributed by atoms with Gasteiger partial charge in [-0.15, -0.1) is 24.8 Å². The van der Waals surface area contributed by atoms with E-state index in [2.05, 4.69) is 10.3 Å². The van der Waals surface area contributed by atoms with Gasteiger partial charge < -0.3 is 10.2 Å². The number of rotatable bonds is 1. The number of amides is 1. The molecule has 1 fully saturated rings. The zero-order valence-electron chi connectivity index (χ0n) is 14.2. The zero-order valence-corrected chi connectivity index (χ0v) is 15.8. The van der Waals surface area contributed by atoms with Crippen molar-refractivity contribution in [1.29, 1.82) is 0 Å². The molecule has 0 aromatic carbocycles. The molecule has 25 heavy (non-hydrogen) atoms. The van der Waals surface area contributed by atoms with E-state index in [1.807, 2.05) is 6.92 Å². The van der Waals surface area contributed by atoms with E-state index in [9.17, 15) is 14.4 Å². The van der Waals surface area contributed by atoms with E-state index >= 15 is 0 Å². The van der Waals surface area contributed by atoms with Crippen molar-refractivity contribution in [2.24, 2.45) is 14.1 Å². The Morgan fingerprint density at radius 3 is 2.52 bits per heavy atom. The summed E-state index contributed by atoms with van der Waals surface area (Å²) in [6.45, 7) is 4.05. The van der Waals surface area contributed by atoms with Gasteiger partial charge in [0.2, 0.25) is 0 Å². The Morgan fingerprint density at radius 1 is 1.20 bits per heavy atom. The highest BCUT2D eigenvalue weighted by Crippen LogP contribution is 2.12. The van der Waals surface area contributed by atoms with Crippen LogP contribution in [0.2, 0.25) is 0 Å². The molecule has 3 rings (SSSR count). The number of aryl methyl sites for hydroxylation is 1. The Morgan fingerprint density at radius 2 is 1.88 bits per heavy atom. The molecule has 0 bridgehead atoms. The smallest absolute Gasteiger partial charge is 0.332 e. The minimum Gasteiger partial charge on any atom is -0.332 e. The van der Waals surface area contributed by atoms with E-state index in [1.165, 1.54) is 11.6 Å². The number of carbonyl (C=O) groups excluding carboxylic acids is 1. The first-order valence-electron chi connectivity index (χ1n) is 7.50. The third-order valence-electron chi connectivity index (χ3n) is 4.28. The molecule has 0 saturated carbocycles. The maximum atomic E-state index is 12.7. The van der Waals surface area contributed by atoms with Gasteiger partial charge in [-0.25, -0.2) is 9.78 Å². The monoisotopic (exact) mass is 389 g/mol. The highest BCUT2D eigenvalue weighted by atomic mass is 35.5. The second kappa shape index (κ2) is 7.99. The third-order valence-corrected chi connectivity index (χ3v) is 4.28. The second-order valence-corrected chi connectivity index (χ2v) is 5.83. The number of aromatic nitrogens is 3. The van der Waals surface area contributed by atoms with Crippen LogP contribution in [0.3, 0.4) is 0 Å². The summed E-state index contributed by atoms with van der Waals surface area (Å²) in [4.78, 5) is 42.9. The largest absolute Gasteiger partial charge is 0.332 e. The number of nitrogens with one attached hydrogen (secondary N) is 1. The summed E-state index contributed by atoms with van der Waals surface area (Å²) >= 11 is 0. The van der Waals surface area contributed by atoms with Crippen LogP contribution in [-0.4, -0.2) is 50.6 Å². The summed E-state index contributed by atoms with van der Waals surface area (Å²) in [7, 11) is 2.96. The highest BCUT2D eigenvalue weighted by molar-refractivity contribution is 5.94. The Kier molecular flexibility index (Phi) is 6.75. The van der Waals surface area contributed by atoms with Crippen LogP contribution < -0.4 is 16.6 Å². The van der Waals surface area contributed by atoms with Crippen LogP contribution in [0.5, 0.6) is 0 Å².